The topological polar surface area (TPSA) is 69.4 Å². The molecule has 1 aromatic carbocycles. The highest BCUT2D eigenvalue weighted by Gasteiger charge is 2.32. The molecule has 0 aliphatic rings. The van der Waals surface area contributed by atoms with Crippen molar-refractivity contribution < 1.29 is 26.3 Å². The highest BCUT2D eigenvalue weighted by Crippen LogP contribution is 2.32. The van der Waals surface area contributed by atoms with Crippen LogP contribution in [0.1, 0.15) is 0 Å². The lowest BCUT2D eigenvalue weighted by atomic mass is 10.3. The largest absolute Gasteiger partial charge is 0.573 e. The van der Waals surface area contributed by atoms with Gasteiger partial charge in [0.15, 0.2) is 0 Å². The van der Waals surface area contributed by atoms with Gasteiger partial charge in [-0.05, 0) is 28.1 Å². The maximum atomic E-state index is 11.9. The van der Waals surface area contributed by atoms with Crippen LogP contribution >= 0.6 is 15.9 Å². The van der Waals surface area contributed by atoms with E-state index < -0.39 is 27.0 Å². The average Bonchev–Trinajstić information content (AvgIpc) is 2.04. The molecule has 16 heavy (non-hydrogen) atoms. The predicted octanol–water partition coefficient (Wildman–Crippen LogP) is 2.00. The number of halogens is 4. The van der Waals surface area contributed by atoms with E-state index in [1.807, 2.05) is 0 Å². The Kier molecular flexibility index (Phi) is 3.50. The number of hydrogen-bond acceptors (Lipinski definition) is 3. The van der Waals surface area contributed by atoms with E-state index in [4.69, 9.17) is 5.14 Å². The van der Waals surface area contributed by atoms with E-state index in [0.717, 1.165) is 12.1 Å². The summed E-state index contributed by atoms with van der Waals surface area (Å²) in [6, 6.07) is 2.84. The fourth-order valence-corrected chi connectivity index (χ4v) is 1.72. The number of sulfonamides is 1. The van der Waals surface area contributed by atoms with Crippen LogP contribution in [0, 0.1) is 0 Å². The lowest BCUT2D eigenvalue weighted by Crippen LogP contribution is -2.18. The van der Waals surface area contributed by atoms with E-state index in [2.05, 4.69) is 20.7 Å². The molecule has 0 atom stereocenters. The summed E-state index contributed by atoms with van der Waals surface area (Å²) in [6.45, 7) is 0. The zero-order chi connectivity index (χ0) is 12.6. The highest BCUT2D eigenvalue weighted by atomic mass is 79.9. The maximum Gasteiger partial charge on any atom is 0.573 e. The molecule has 0 radical (unpaired) electrons. The van der Waals surface area contributed by atoms with E-state index >= 15 is 0 Å². The number of alkyl halides is 3. The number of nitrogens with two attached hydrogens (primary N) is 1. The molecule has 0 spiro atoms. The van der Waals surface area contributed by atoms with Crippen molar-refractivity contribution in [3.63, 3.8) is 0 Å². The van der Waals surface area contributed by atoms with Gasteiger partial charge >= 0.3 is 6.36 Å². The average molecular weight is 320 g/mol. The Morgan fingerprint density at radius 2 is 1.88 bits per heavy atom. The van der Waals surface area contributed by atoms with Crippen LogP contribution in [0.4, 0.5) is 13.2 Å². The fourth-order valence-electron chi connectivity index (χ4n) is 0.864. The van der Waals surface area contributed by atoms with Gasteiger partial charge in [-0.2, -0.15) is 0 Å². The molecule has 9 heteroatoms. The molecule has 0 unspecified atom stereocenters. The van der Waals surface area contributed by atoms with Crippen LogP contribution in [0.2, 0.25) is 0 Å². The van der Waals surface area contributed by atoms with Crippen LogP contribution in [-0.4, -0.2) is 14.8 Å². The third-order valence-corrected chi connectivity index (χ3v) is 3.02. The van der Waals surface area contributed by atoms with Gasteiger partial charge in [-0.1, -0.05) is 0 Å². The molecule has 0 aliphatic carbocycles. The summed E-state index contributed by atoms with van der Waals surface area (Å²) in [5, 5.41) is 4.76. The van der Waals surface area contributed by atoms with Gasteiger partial charge < -0.3 is 4.74 Å². The van der Waals surface area contributed by atoms with Crippen LogP contribution in [0.5, 0.6) is 5.75 Å². The summed E-state index contributed by atoms with van der Waals surface area (Å²) in [4.78, 5) is -0.463. The Labute approximate surface area is 97.4 Å². The molecule has 2 N–H and O–H groups in total. The van der Waals surface area contributed by atoms with Crippen LogP contribution < -0.4 is 9.88 Å². The molecular formula is C7H5BrF3NO3S. The Balaban J connectivity index is 3.20. The normalized spacial score (nSPS) is 12.6. The molecule has 1 aromatic rings. The molecule has 0 heterocycles. The van der Waals surface area contributed by atoms with Gasteiger partial charge in [0.2, 0.25) is 10.0 Å². The van der Waals surface area contributed by atoms with E-state index in [9.17, 15) is 21.6 Å². The lowest BCUT2D eigenvalue weighted by Gasteiger charge is -2.11. The molecule has 0 saturated carbocycles. The Morgan fingerprint density at radius 3 is 2.31 bits per heavy atom. The molecule has 0 bridgehead atoms. The van der Waals surface area contributed by atoms with Gasteiger partial charge in [-0.3, -0.25) is 0 Å². The van der Waals surface area contributed by atoms with Crippen molar-refractivity contribution in [1.29, 1.82) is 0 Å². The second-order valence-electron chi connectivity index (χ2n) is 2.69. The van der Waals surface area contributed by atoms with E-state index in [0.29, 0.717) is 6.07 Å². The summed E-state index contributed by atoms with van der Waals surface area (Å²) in [5.41, 5.74) is 0. The number of hydrogen-bond donors (Lipinski definition) is 1. The smallest absolute Gasteiger partial charge is 0.405 e. The number of rotatable bonds is 2. The van der Waals surface area contributed by atoms with Gasteiger partial charge in [0.05, 0.1) is 9.37 Å². The molecule has 90 valence electrons. The zero-order valence-electron chi connectivity index (χ0n) is 7.45. The van der Waals surface area contributed by atoms with Gasteiger partial charge in [0, 0.05) is 6.07 Å². The van der Waals surface area contributed by atoms with E-state index in [1.54, 1.807) is 0 Å². The first-order valence-electron chi connectivity index (χ1n) is 3.68. The van der Waals surface area contributed by atoms with Gasteiger partial charge in [-0.15, -0.1) is 13.2 Å². The highest BCUT2D eigenvalue weighted by molar-refractivity contribution is 9.10. The summed E-state index contributed by atoms with van der Waals surface area (Å²) in [5.74, 6) is -0.668. The summed E-state index contributed by atoms with van der Waals surface area (Å²) in [6.07, 6.45) is -4.90. The van der Waals surface area contributed by atoms with Gasteiger partial charge in [-0.25, -0.2) is 13.6 Å². The van der Waals surface area contributed by atoms with Crippen molar-refractivity contribution in [3.05, 3.63) is 22.7 Å². The third-order valence-electron chi connectivity index (χ3n) is 1.46. The van der Waals surface area contributed by atoms with Gasteiger partial charge in [0.1, 0.15) is 5.75 Å². The van der Waals surface area contributed by atoms with E-state index in [-0.39, 0.29) is 4.47 Å². The van der Waals surface area contributed by atoms with Crippen molar-refractivity contribution in [2.24, 2.45) is 5.14 Å². The third kappa shape index (κ3) is 3.65. The first-order valence-corrected chi connectivity index (χ1v) is 6.01. The lowest BCUT2D eigenvalue weighted by molar-refractivity contribution is -0.275. The van der Waals surface area contributed by atoms with Crippen LogP contribution in [0.25, 0.3) is 0 Å². The molecule has 0 aliphatic heterocycles. The van der Waals surface area contributed by atoms with Crippen molar-refractivity contribution in [2.45, 2.75) is 11.3 Å². The molecule has 0 saturated heterocycles. The number of benzene rings is 1. The second kappa shape index (κ2) is 4.22. The van der Waals surface area contributed by atoms with Crippen LogP contribution in [-0.2, 0) is 10.0 Å². The standard InChI is InChI=1S/C7H5BrF3NO3S/c8-5-2-1-4(16(12,13)14)3-6(5)15-7(9,10)11/h1-3H,(H2,12,13,14). The quantitative estimate of drug-likeness (QED) is 0.906. The summed E-state index contributed by atoms with van der Waals surface area (Å²) >= 11 is 2.79. The van der Waals surface area contributed by atoms with Crippen LogP contribution in [0.3, 0.4) is 0 Å². The Bertz CT molecular complexity index is 500. The monoisotopic (exact) mass is 319 g/mol. The van der Waals surface area contributed by atoms with Crippen molar-refractivity contribution in [3.8, 4) is 5.75 Å². The minimum atomic E-state index is -4.90. The molecule has 0 aromatic heterocycles. The molecular weight excluding hydrogens is 315 g/mol. The molecule has 0 fully saturated rings. The Hall–Kier alpha value is -0.800. The first kappa shape index (κ1) is 13.3. The SMILES string of the molecule is NS(=O)(=O)c1ccc(Br)c(OC(F)(F)F)c1. The molecule has 1 rings (SSSR count). The summed E-state index contributed by atoms with van der Waals surface area (Å²) < 4.78 is 61.1. The van der Waals surface area contributed by atoms with Crippen molar-refractivity contribution in [1.82, 2.24) is 0 Å². The molecule has 0 amide bonds. The fraction of sp³-hybridized carbons (Fsp3) is 0.143. The second-order valence-corrected chi connectivity index (χ2v) is 5.10. The number of primary sulfonamides is 1. The zero-order valence-corrected chi connectivity index (χ0v) is 9.86. The van der Waals surface area contributed by atoms with Crippen molar-refractivity contribution >= 4 is 26.0 Å². The van der Waals surface area contributed by atoms with Gasteiger partial charge in [0.25, 0.3) is 0 Å². The minimum Gasteiger partial charge on any atom is -0.405 e. The first-order chi connectivity index (χ1) is 7.09. The van der Waals surface area contributed by atoms with E-state index in [1.165, 1.54) is 0 Å². The number of ether oxygens (including phenoxy) is 1. The minimum absolute atomic E-state index is 0.0303. The van der Waals surface area contributed by atoms with Crippen LogP contribution in [0.15, 0.2) is 27.6 Å². The maximum absolute atomic E-state index is 11.9. The Morgan fingerprint density at radius 1 is 1.31 bits per heavy atom. The van der Waals surface area contributed by atoms with Crippen molar-refractivity contribution in [2.75, 3.05) is 0 Å². The predicted molar refractivity (Wildman–Crippen MR) is 52.2 cm³/mol. The summed E-state index contributed by atoms with van der Waals surface area (Å²) in [7, 11) is -4.07. The molecule has 4 nitrogen and oxygen atoms in total.